The molecule has 0 spiro atoms. The lowest BCUT2D eigenvalue weighted by Gasteiger charge is -2.13. The van der Waals surface area contributed by atoms with E-state index in [2.05, 4.69) is 26.6 Å². The standard InChI is InChI=1S/C14H19BrN2O3S/c1-9(2)16-14(21)17-13(18)10-4-5-12(11(15)8-10)20-7-6-19-3/h4-5,8-9H,6-7H2,1-3H3,(H2,16,17,18,21). The predicted molar refractivity (Wildman–Crippen MR) is 89.8 cm³/mol. The van der Waals surface area contributed by atoms with Crippen molar-refractivity contribution < 1.29 is 14.3 Å². The molecule has 0 unspecified atom stereocenters. The largest absolute Gasteiger partial charge is 0.490 e. The molecular formula is C14H19BrN2O3S. The summed E-state index contributed by atoms with van der Waals surface area (Å²) in [6.45, 7) is 4.84. The van der Waals surface area contributed by atoms with Gasteiger partial charge in [0.05, 0.1) is 11.1 Å². The van der Waals surface area contributed by atoms with E-state index >= 15 is 0 Å². The van der Waals surface area contributed by atoms with Gasteiger partial charge in [-0.3, -0.25) is 10.1 Å². The number of benzene rings is 1. The fourth-order valence-corrected chi connectivity index (χ4v) is 2.29. The van der Waals surface area contributed by atoms with Crippen LogP contribution in [0.2, 0.25) is 0 Å². The summed E-state index contributed by atoms with van der Waals surface area (Å²) in [7, 11) is 1.61. The van der Waals surface area contributed by atoms with Crippen LogP contribution in [0, 0.1) is 0 Å². The maximum absolute atomic E-state index is 12.0. The van der Waals surface area contributed by atoms with Crippen molar-refractivity contribution in [3.63, 3.8) is 0 Å². The number of carbonyl (C=O) groups is 1. The molecule has 0 radical (unpaired) electrons. The highest BCUT2D eigenvalue weighted by atomic mass is 79.9. The molecule has 1 aromatic carbocycles. The molecule has 0 heterocycles. The highest BCUT2D eigenvalue weighted by Gasteiger charge is 2.11. The molecule has 1 amide bonds. The second-order valence-corrected chi connectivity index (χ2v) is 5.83. The molecule has 1 rings (SSSR count). The Hall–Kier alpha value is -1.18. The molecule has 2 N–H and O–H groups in total. The summed E-state index contributed by atoms with van der Waals surface area (Å²) in [5.41, 5.74) is 0.494. The molecule has 21 heavy (non-hydrogen) atoms. The van der Waals surface area contributed by atoms with Gasteiger partial charge in [-0.1, -0.05) is 0 Å². The zero-order valence-corrected chi connectivity index (χ0v) is 14.6. The van der Waals surface area contributed by atoms with Crippen molar-refractivity contribution in [2.75, 3.05) is 20.3 Å². The number of nitrogens with one attached hydrogen (secondary N) is 2. The summed E-state index contributed by atoms with van der Waals surface area (Å²) in [5, 5.41) is 5.89. The van der Waals surface area contributed by atoms with Crippen molar-refractivity contribution in [3.05, 3.63) is 28.2 Å². The van der Waals surface area contributed by atoms with Gasteiger partial charge in [0.2, 0.25) is 0 Å². The number of amides is 1. The van der Waals surface area contributed by atoms with Gasteiger partial charge in [0.15, 0.2) is 5.11 Å². The topological polar surface area (TPSA) is 59.6 Å². The van der Waals surface area contributed by atoms with Crippen molar-refractivity contribution in [3.8, 4) is 5.75 Å². The Morgan fingerprint density at radius 1 is 1.38 bits per heavy atom. The van der Waals surface area contributed by atoms with Crippen molar-refractivity contribution in [1.29, 1.82) is 0 Å². The normalized spacial score (nSPS) is 10.3. The first-order valence-corrected chi connectivity index (χ1v) is 7.67. The number of methoxy groups -OCH3 is 1. The summed E-state index contributed by atoms with van der Waals surface area (Å²) in [5.74, 6) is 0.392. The summed E-state index contributed by atoms with van der Waals surface area (Å²) in [6, 6.07) is 5.27. The third-order valence-corrected chi connectivity index (χ3v) is 3.23. The average molecular weight is 375 g/mol. The summed E-state index contributed by atoms with van der Waals surface area (Å²) < 4.78 is 11.1. The summed E-state index contributed by atoms with van der Waals surface area (Å²) >= 11 is 8.42. The fraction of sp³-hybridized carbons (Fsp3) is 0.429. The maximum Gasteiger partial charge on any atom is 0.257 e. The number of rotatable bonds is 6. The minimum Gasteiger partial charge on any atom is -0.490 e. The van der Waals surface area contributed by atoms with E-state index in [-0.39, 0.29) is 11.9 Å². The van der Waals surface area contributed by atoms with Crippen molar-refractivity contribution >= 4 is 39.2 Å². The van der Waals surface area contributed by atoms with Gasteiger partial charge >= 0.3 is 0 Å². The molecular weight excluding hydrogens is 356 g/mol. The maximum atomic E-state index is 12.0. The molecule has 0 atom stereocenters. The van der Waals surface area contributed by atoms with E-state index in [0.29, 0.717) is 34.1 Å². The van der Waals surface area contributed by atoms with Gasteiger partial charge in [0.25, 0.3) is 5.91 Å². The Kier molecular flexibility index (Phi) is 7.63. The van der Waals surface area contributed by atoms with Gasteiger partial charge in [-0.15, -0.1) is 0 Å². The minimum absolute atomic E-state index is 0.168. The van der Waals surface area contributed by atoms with Crippen LogP contribution in [0.25, 0.3) is 0 Å². The Morgan fingerprint density at radius 2 is 2.10 bits per heavy atom. The molecule has 1 aromatic rings. The van der Waals surface area contributed by atoms with Crippen LogP contribution in [0.3, 0.4) is 0 Å². The van der Waals surface area contributed by atoms with Gasteiger partial charge in [0.1, 0.15) is 12.4 Å². The van der Waals surface area contributed by atoms with E-state index in [1.165, 1.54) is 0 Å². The Balaban J connectivity index is 2.65. The van der Waals surface area contributed by atoms with Gasteiger partial charge in [-0.05, 0) is 60.2 Å². The average Bonchev–Trinajstić information content (AvgIpc) is 2.39. The van der Waals surface area contributed by atoms with Crippen LogP contribution in [0.5, 0.6) is 5.75 Å². The third-order valence-electron chi connectivity index (χ3n) is 2.39. The van der Waals surface area contributed by atoms with Gasteiger partial charge in [-0.25, -0.2) is 0 Å². The Morgan fingerprint density at radius 3 is 2.67 bits per heavy atom. The first kappa shape index (κ1) is 17.9. The second kappa shape index (κ2) is 8.96. The Bertz CT molecular complexity index is 509. The molecule has 0 aromatic heterocycles. The van der Waals surface area contributed by atoms with Gasteiger partial charge in [-0.2, -0.15) is 0 Å². The predicted octanol–water partition coefficient (Wildman–Crippen LogP) is 2.49. The molecule has 0 bridgehead atoms. The zero-order chi connectivity index (χ0) is 15.8. The van der Waals surface area contributed by atoms with Crippen LogP contribution < -0.4 is 15.4 Å². The summed E-state index contributed by atoms with van der Waals surface area (Å²) in [4.78, 5) is 12.0. The molecule has 0 saturated carbocycles. The van der Waals surface area contributed by atoms with E-state index in [0.717, 1.165) is 0 Å². The number of halogens is 1. The first-order chi connectivity index (χ1) is 9.93. The summed E-state index contributed by atoms with van der Waals surface area (Å²) in [6.07, 6.45) is 0. The minimum atomic E-state index is -0.266. The lowest BCUT2D eigenvalue weighted by atomic mass is 10.2. The molecule has 0 saturated heterocycles. The molecule has 0 aliphatic heterocycles. The fourth-order valence-electron chi connectivity index (χ4n) is 1.47. The van der Waals surface area contributed by atoms with Crippen LogP contribution in [-0.2, 0) is 4.74 Å². The van der Waals surface area contributed by atoms with E-state index in [1.54, 1.807) is 25.3 Å². The third kappa shape index (κ3) is 6.41. The highest BCUT2D eigenvalue weighted by molar-refractivity contribution is 9.10. The van der Waals surface area contributed by atoms with Crippen LogP contribution in [-0.4, -0.2) is 37.4 Å². The lowest BCUT2D eigenvalue weighted by Crippen LogP contribution is -2.42. The van der Waals surface area contributed by atoms with Crippen molar-refractivity contribution in [2.45, 2.75) is 19.9 Å². The first-order valence-electron chi connectivity index (χ1n) is 6.47. The van der Waals surface area contributed by atoms with Crippen LogP contribution in [0.4, 0.5) is 0 Å². The quantitative estimate of drug-likeness (QED) is 0.591. The number of hydrogen-bond acceptors (Lipinski definition) is 4. The van der Waals surface area contributed by atoms with Gasteiger partial charge in [0, 0.05) is 18.7 Å². The molecule has 0 aliphatic rings. The second-order valence-electron chi connectivity index (χ2n) is 4.57. The number of thiocarbonyl (C=S) groups is 1. The van der Waals surface area contributed by atoms with E-state index < -0.39 is 0 Å². The molecule has 5 nitrogen and oxygen atoms in total. The van der Waals surface area contributed by atoms with E-state index in [4.69, 9.17) is 21.7 Å². The lowest BCUT2D eigenvalue weighted by molar-refractivity contribution is 0.0976. The van der Waals surface area contributed by atoms with E-state index in [9.17, 15) is 4.79 Å². The number of hydrogen-bond donors (Lipinski definition) is 2. The molecule has 0 fully saturated rings. The zero-order valence-electron chi connectivity index (χ0n) is 12.2. The molecule has 7 heteroatoms. The SMILES string of the molecule is COCCOc1ccc(C(=O)NC(=S)NC(C)C)cc1Br. The van der Waals surface area contributed by atoms with Crippen molar-refractivity contribution in [2.24, 2.45) is 0 Å². The van der Waals surface area contributed by atoms with Crippen LogP contribution in [0.1, 0.15) is 24.2 Å². The molecule has 0 aliphatic carbocycles. The van der Waals surface area contributed by atoms with Gasteiger partial charge < -0.3 is 14.8 Å². The van der Waals surface area contributed by atoms with E-state index in [1.807, 2.05) is 13.8 Å². The van der Waals surface area contributed by atoms with Crippen LogP contribution in [0.15, 0.2) is 22.7 Å². The highest BCUT2D eigenvalue weighted by Crippen LogP contribution is 2.25. The smallest absolute Gasteiger partial charge is 0.257 e. The number of carbonyl (C=O) groups excluding carboxylic acids is 1. The monoisotopic (exact) mass is 374 g/mol. The van der Waals surface area contributed by atoms with Crippen molar-refractivity contribution in [1.82, 2.24) is 10.6 Å². The van der Waals surface area contributed by atoms with Crippen LogP contribution >= 0.6 is 28.1 Å². The molecule has 116 valence electrons. The number of ether oxygens (including phenoxy) is 2. The Labute approximate surface area is 138 Å².